The van der Waals surface area contributed by atoms with E-state index in [1.54, 1.807) is 18.2 Å². The SMILES string of the molecule is CC(=O)OC1(NC(=O)CC#N)c2ccccc2C(=O)N1C(C)=O. The molecule has 1 aromatic carbocycles. The van der Waals surface area contributed by atoms with Gasteiger partial charge in [-0.1, -0.05) is 18.2 Å². The van der Waals surface area contributed by atoms with Crippen molar-refractivity contribution in [3.63, 3.8) is 0 Å². The molecule has 23 heavy (non-hydrogen) atoms. The predicted molar refractivity (Wildman–Crippen MR) is 75.1 cm³/mol. The zero-order chi connectivity index (χ0) is 17.2. The fraction of sp³-hybridized carbons (Fsp3) is 0.267. The van der Waals surface area contributed by atoms with E-state index in [1.165, 1.54) is 12.1 Å². The van der Waals surface area contributed by atoms with E-state index >= 15 is 0 Å². The third kappa shape index (κ3) is 2.64. The lowest BCUT2D eigenvalue weighted by atomic mass is 10.1. The molecule has 2 rings (SSSR count). The lowest BCUT2D eigenvalue weighted by Gasteiger charge is -2.36. The summed E-state index contributed by atoms with van der Waals surface area (Å²) < 4.78 is 5.19. The van der Waals surface area contributed by atoms with Crippen molar-refractivity contribution in [1.82, 2.24) is 10.2 Å². The molecule has 1 aromatic rings. The van der Waals surface area contributed by atoms with Crippen LogP contribution in [0.15, 0.2) is 24.3 Å². The monoisotopic (exact) mass is 315 g/mol. The van der Waals surface area contributed by atoms with Gasteiger partial charge in [-0.2, -0.15) is 5.26 Å². The van der Waals surface area contributed by atoms with Gasteiger partial charge < -0.3 is 4.74 Å². The van der Waals surface area contributed by atoms with Crippen molar-refractivity contribution in [3.05, 3.63) is 35.4 Å². The quantitative estimate of drug-likeness (QED) is 0.637. The van der Waals surface area contributed by atoms with Gasteiger partial charge in [-0.15, -0.1) is 0 Å². The van der Waals surface area contributed by atoms with Crippen molar-refractivity contribution < 1.29 is 23.9 Å². The second kappa shape index (κ2) is 5.88. The number of hydrogen-bond donors (Lipinski definition) is 1. The molecule has 0 radical (unpaired) electrons. The van der Waals surface area contributed by atoms with E-state index in [-0.39, 0.29) is 11.1 Å². The van der Waals surface area contributed by atoms with Crippen LogP contribution >= 0.6 is 0 Å². The van der Waals surface area contributed by atoms with E-state index in [2.05, 4.69) is 5.32 Å². The number of carbonyl (C=O) groups is 4. The number of amides is 3. The molecule has 1 atom stereocenters. The van der Waals surface area contributed by atoms with Crippen LogP contribution in [0.1, 0.15) is 36.2 Å². The van der Waals surface area contributed by atoms with Gasteiger partial charge in [0, 0.05) is 13.8 Å². The van der Waals surface area contributed by atoms with Crippen LogP contribution in [0.4, 0.5) is 0 Å². The summed E-state index contributed by atoms with van der Waals surface area (Å²) in [4.78, 5) is 48.5. The van der Waals surface area contributed by atoms with Gasteiger partial charge in [0.1, 0.15) is 6.42 Å². The minimum Gasteiger partial charge on any atom is -0.415 e. The number of esters is 1. The predicted octanol–water partition coefficient (Wildman–Crippen LogP) is 0.392. The largest absolute Gasteiger partial charge is 0.415 e. The number of benzene rings is 1. The molecule has 1 heterocycles. The molecule has 8 heteroatoms. The Morgan fingerprint density at radius 3 is 2.52 bits per heavy atom. The average molecular weight is 315 g/mol. The van der Waals surface area contributed by atoms with Crippen molar-refractivity contribution in [2.75, 3.05) is 0 Å². The maximum Gasteiger partial charge on any atom is 0.306 e. The Kier molecular flexibility index (Phi) is 4.14. The summed E-state index contributed by atoms with van der Waals surface area (Å²) in [5, 5.41) is 11.0. The summed E-state index contributed by atoms with van der Waals surface area (Å²) in [6, 6.07) is 7.72. The van der Waals surface area contributed by atoms with E-state index in [0.717, 1.165) is 13.8 Å². The third-order valence-corrected chi connectivity index (χ3v) is 3.20. The molecular formula is C15H13N3O5. The van der Waals surface area contributed by atoms with Gasteiger partial charge >= 0.3 is 11.8 Å². The number of rotatable bonds is 3. The van der Waals surface area contributed by atoms with Crippen LogP contribution < -0.4 is 5.32 Å². The second-order valence-electron chi connectivity index (χ2n) is 4.83. The molecule has 1 N–H and O–H groups in total. The Hall–Kier alpha value is -3.21. The fourth-order valence-electron chi connectivity index (χ4n) is 2.48. The van der Waals surface area contributed by atoms with Gasteiger partial charge in [0.25, 0.3) is 5.91 Å². The first-order chi connectivity index (χ1) is 10.8. The van der Waals surface area contributed by atoms with Gasteiger partial charge in [-0.25, -0.2) is 4.90 Å². The van der Waals surface area contributed by atoms with Crippen molar-refractivity contribution >= 4 is 23.7 Å². The Morgan fingerprint density at radius 1 is 1.30 bits per heavy atom. The summed E-state index contributed by atoms with van der Waals surface area (Å²) >= 11 is 0. The molecule has 0 aromatic heterocycles. The van der Waals surface area contributed by atoms with Gasteiger partial charge in [0.2, 0.25) is 11.8 Å². The first-order valence-corrected chi connectivity index (χ1v) is 6.65. The van der Waals surface area contributed by atoms with E-state index < -0.39 is 36.0 Å². The van der Waals surface area contributed by atoms with E-state index in [0.29, 0.717) is 4.90 Å². The number of hydrogen-bond acceptors (Lipinski definition) is 6. The number of fused-ring (bicyclic) bond motifs is 1. The number of carbonyl (C=O) groups excluding carboxylic acids is 4. The second-order valence-corrected chi connectivity index (χ2v) is 4.83. The van der Waals surface area contributed by atoms with Crippen molar-refractivity contribution in [2.24, 2.45) is 0 Å². The Bertz CT molecular complexity index is 752. The molecule has 1 unspecified atom stereocenters. The van der Waals surface area contributed by atoms with E-state index in [1.807, 2.05) is 0 Å². The lowest BCUT2D eigenvalue weighted by molar-refractivity contribution is -0.190. The van der Waals surface area contributed by atoms with Gasteiger partial charge in [0.15, 0.2) is 0 Å². The average Bonchev–Trinajstić information content (AvgIpc) is 2.68. The highest BCUT2D eigenvalue weighted by Crippen LogP contribution is 2.38. The normalized spacial score (nSPS) is 18.8. The minimum atomic E-state index is -2.08. The molecular weight excluding hydrogens is 302 g/mol. The molecule has 0 spiro atoms. The zero-order valence-electron chi connectivity index (χ0n) is 12.5. The summed E-state index contributed by atoms with van der Waals surface area (Å²) in [5.41, 5.74) is 0.280. The first kappa shape index (κ1) is 16.2. The van der Waals surface area contributed by atoms with Crippen LogP contribution in [0.25, 0.3) is 0 Å². The van der Waals surface area contributed by atoms with Crippen molar-refractivity contribution in [1.29, 1.82) is 5.26 Å². The standard InChI is InChI=1S/C15H13N3O5/c1-9(19)18-14(22)11-5-3-4-6-12(11)15(18,23-10(2)20)17-13(21)7-8-16/h3-6H,7H2,1-2H3,(H,17,21). The highest BCUT2D eigenvalue weighted by Gasteiger charge is 2.56. The van der Waals surface area contributed by atoms with E-state index in [4.69, 9.17) is 10.00 Å². The first-order valence-electron chi connectivity index (χ1n) is 6.65. The highest BCUT2D eigenvalue weighted by molar-refractivity contribution is 6.09. The summed E-state index contributed by atoms with van der Waals surface area (Å²) in [5.74, 6) is -5.10. The molecule has 8 nitrogen and oxygen atoms in total. The summed E-state index contributed by atoms with van der Waals surface area (Å²) in [6.45, 7) is 2.19. The maximum atomic E-state index is 12.5. The molecule has 1 aliphatic heterocycles. The Morgan fingerprint density at radius 2 is 1.96 bits per heavy atom. The van der Waals surface area contributed by atoms with Crippen LogP contribution in [0, 0.1) is 11.3 Å². The maximum absolute atomic E-state index is 12.5. The van der Waals surface area contributed by atoms with Crippen LogP contribution in [-0.2, 0) is 25.0 Å². The Labute approximate surface area is 131 Å². The molecule has 0 saturated carbocycles. The van der Waals surface area contributed by atoms with Gasteiger partial charge in [-0.3, -0.25) is 24.5 Å². The summed E-state index contributed by atoms with van der Waals surface area (Å²) in [6.07, 6.45) is -0.523. The Balaban J connectivity index is 2.66. The molecule has 0 fully saturated rings. The molecule has 0 saturated heterocycles. The number of nitrogens with zero attached hydrogens (tertiary/aromatic N) is 2. The molecule has 3 amide bonds. The van der Waals surface area contributed by atoms with E-state index in [9.17, 15) is 19.2 Å². The lowest BCUT2D eigenvalue weighted by Crippen LogP contribution is -2.59. The molecule has 0 bridgehead atoms. The minimum absolute atomic E-state index is 0.126. The molecule has 0 aliphatic carbocycles. The van der Waals surface area contributed by atoms with Gasteiger partial charge in [0.05, 0.1) is 17.2 Å². The number of ether oxygens (including phenoxy) is 1. The number of nitrogens with one attached hydrogen (secondary N) is 1. The van der Waals surface area contributed by atoms with Gasteiger partial charge in [-0.05, 0) is 6.07 Å². The number of imide groups is 1. The smallest absolute Gasteiger partial charge is 0.306 e. The van der Waals surface area contributed by atoms with Crippen molar-refractivity contribution in [3.8, 4) is 6.07 Å². The fourth-order valence-corrected chi connectivity index (χ4v) is 2.48. The highest BCUT2D eigenvalue weighted by atomic mass is 16.6. The van der Waals surface area contributed by atoms with Crippen LogP contribution in [0.2, 0.25) is 0 Å². The molecule has 1 aliphatic rings. The van der Waals surface area contributed by atoms with Crippen LogP contribution in [-0.4, -0.2) is 28.6 Å². The third-order valence-electron chi connectivity index (χ3n) is 3.20. The zero-order valence-corrected chi connectivity index (χ0v) is 12.5. The molecule has 118 valence electrons. The van der Waals surface area contributed by atoms with Crippen LogP contribution in [0.5, 0.6) is 0 Å². The van der Waals surface area contributed by atoms with Crippen LogP contribution in [0.3, 0.4) is 0 Å². The summed E-state index contributed by atoms with van der Waals surface area (Å²) in [7, 11) is 0. The topological polar surface area (TPSA) is 117 Å². The number of nitriles is 1. The van der Waals surface area contributed by atoms with Crippen molar-refractivity contribution in [2.45, 2.75) is 26.1 Å².